The van der Waals surface area contributed by atoms with E-state index in [0.717, 1.165) is 43.6 Å². The molecule has 1 atom stereocenters. The number of hydrogen-bond donors (Lipinski definition) is 0. The van der Waals surface area contributed by atoms with E-state index in [0.29, 0.717) is 31.1 Å². The Morgan fingerprint density at radius 3 is 2.69 bits per heavy atom. The second-order valence-electron chi connectivity index (χ2n) is 7.94. The summed E-state index contributed by atoms with van der Waals surface area (Å²) in [6.07, 6.45) is 4.27. The summed E-state index contributed by atoms with van der Waals surface area (Å²) in [5.74, 6) is 1.03. The Morgan fingerprint density at radius 2 is 2.00 bits per heavy atom. The standard InChI is InChI=1S/C21H27ClN4O3/c1-29-12-11-25-21(28)26(18-8-9-18)20(23-25)16-3-2-10-24(14-16)19(27)13-15-4-6-17(22)7-5-15/h4-7,16,18H,2-3,8-14H2,1H3. The molecule has 8 heteroatoms. The number of rotatable bonds is 7. The molecule has 1 aromatic heterocycles. The van der Waals surface area contributed by atoms with Crippen molar-refractivity contribution in [2.75, 3.05) is 26.8 Å². The number of hydrogen-bond acceptors (Lipinski definition) is 4. The highest BCUT2D eigenvalue weighted by atomic mass is 35.5. The smallest absolute Gasteiger partial charge is 0.346 e. The Kier molecular flexibility index (Phi) is 6.06. The molecular formula is C21H27ClN4O3. The van der Waals surface area contributed by atoms with E-state index in [1.165, 1.54) is 4.68 Å². The van der Waals surface area contributed by atoms with Crippen LogP contribution < -0.4 is 5.69 Å². The Balaban J connectivity index is 1.50. The van der Waals surface area contributed by atoms with Gasteiger partial charge in [-0.15, -0.1) is 0 Å². The number of aromatic nitrogens is 3. The fourth-order valence-corrected chi connectivity index (χ4v) is 4.14. The predicted molar refractivity (Wildman–Crippen MR) is 110 cm³/mol. The van der Waals surface area contributed by atoms with Crippen LogP contribution >= 0.6 is 11.6 Å². The van der Waals surface area contributed by atoms with Crippen LogP contribution in [-0.2, 0) is 22.5 Å². The molecule has 0 spiro atoms. The quantitative estimate of drug-likeness (QED) is 0.693. The average molecular weight is 419 g/mol. The third-order valence-electron chi connectivity index (χ3n) is 5.72. The van der Waals surface area contributed by atoms with Gasteiger partial charge in [-0.3, -0.25) is 9.36 Å². The van der Waals surface area contributed by atoms with E-state index in [1.807, 2.05) is 33.7 Å². The minimum Gasteiger partial charge on any atom is -0.383 e. The van der Waals surface area contributed by atoms with Crippen LogP contribution in [0.2, 0.25) is 5.02 Å². The first-order valence-electron chi connectivity index (χ1n) is 10.3. The Morgan fingerprint density at radius 1 is 1.24 bits per heavy atom. The van der Waals surface area contributed by atoms with E-state index >= 15 is 0 Å². The van der Waals surface area contributed by atoms with Crippen molar-refractivity contribution in [1.82, 2.24) is 19.2 Å². The van der Waals surface area contributed by atoms with Crippen molar-refractivity contribution < 1.29 is 9.53 Å². The number of methoxy groups -OCH3 is 1. The molecule has 1 unspecified atom stereocenters. The third kappa shape index (κ3) is 4.56. The van der Waals surface area contributed by atoms with Crippen molar-refractivity contribution in [1.29, 1.82) is 0 Å². The first kappa shape index (κ1) is 20.2. The number of likely N-dealkylation sites (tertiary alicyclic amines) is 1. The predicted octanol–water partition coefficient (Wildman–Crippen LogP) is 2.63. The van der Waals surface area contributed by atoms with Crippen molar-refractivity contribution >= 4 is 17.5 Å². The van der Waals surface area contributed by atoms with Gasteiger partial charge in [0, 0.05) is 37.2 Å². The first-order valence-corrected chi connectivity index (χ1v) is 10.6. The lowest BCUT2D eigenvalue weighted by Gasteiger charge is -2.32. The number of carbonyl (C=O) groups excluding carboxylic acids is 1. The van der Waals surface area contributed by atoms with Gasteiger partial charge in [0.2, 0.25) is 5.91 Å². The van der Waals surface area contributed by atoms with Crippen LogP contribution in [-0.4, -0.2) is 52.0 Å². The Hall–Kier alpha value is -2.12. The number of carbonyl (C=O) groups is 1. The van der Waals surface area contributed by atoms with Crippen molar-refractivity contribution in [2.24, 2.45) is 0 Å². The second-order valence-corrected chi connectivity index (χ2v) is 8.38. The summed E-state index contributed by atoms with van der Waals surface area (Å²) in [5, 5.41) is 5.32. The number of nitrogens with zero attached hydrogens (tertiary/aromatic N) is 4. The van der Waals surface area contributed by atoms with Crippen LogP contribution in [0.1, 0.15) is 49.0 Å². The second kappa shape index (κ2) is 8.71. The fraction of sp³-hybridized carbons (Fsp3) is 0.571. The number of ether oxygens (including phenoxy) is 1. The Bertz CT molecular complexity index is 917. The lowest BCUT2D eigenvalue weighted by Crippen LogP contribution is -2.40. The zero-order chi connectivity index (χ0) is 20.4. The summed E-state index contributed by atoms with van der Waals surface area (Å²) in [5.41, 5.74) is 0.907. The van der Waals surface area contributed by atoms with Gasteiger partial charge in [-0.1, -0.05) is 23.7 Å². The number of amides is 1. The van der Waals surface area contributed by atoms with Gasteiger partial charge in [-0.05, 0) is 43.4 Å². The highest BCUT2D eigenvalue weighted by Gasteiger charge is 2.35. The zero-order valence-electron chi connectivity index (χ0n) is 16.7. The molecule has 1 saturated heterocycles. The summed E-state index contributed by atoms with van der Waals surface area (Å²) < 4.78 is 8.50. The maximum absolute atomic E-state index is 12.9. The molecular weight excluding hydrogens is 392 g/mol. The van der Waals surface area contributed by atoms with E-state index in [9.17, 15) is 9.59 Å². The number of piperidine rings is 1. The van der Waals surface area contributed by atoms with Gasteiger partial charge in [-0.2, -0.15) is 5.10 Å². The van der Waals surface area contributed by atoms with Crippen molar-refractivity contribution in [3.05, 3.63) is 51.2 Å². The van der Waals surface area contributed by atoms with Crippen LogP contribution in [0.4, 0.5) is 0 Å². The van der Waals surface area contributed by atoms with Gasteiger partial charge in [-0.25, -0.2) is 9.48 Å². The van der Waals surface area contributed by atoms with E-state index < -0.39 is 0 Å². The molecule has 1 aromatic carbocycles. The highest BCUT2D eigenvalue weighted by Crippen LogP contribution is 2.37. The molecule has 1 aliphatic carbocycles. The molecule has 2 aromatic rings. The monoisotopic (exact) mass is 418 g/mol. The summed E-state index contributed by atoms with van der Waals surface area (Å²) >= 11 is 5.94. The van der Waals surface area contributed by atoms with Gasteiger partial charge in [0.1, 0.15) is 5.82 Å². The lowest BCUT2D eigenvalue weighted by atomic mass is 9.96. The minimum atomic E-state index is -0.0517. The van der Waals surface area contributed by atoms with Crippen LogP contribution in [0.5, 0.6) is 0 Å². The van der Waals surface area contributed by atoms with E-state index in [2.05, 4.69) is 5.10 Å². The maximum atomic E-state index is 12.9. The molecule has 0 N–H and O–H groups in total. The molecule has 1 amide bonds. The number of benzene rings is 1. The third-order valence-corrected chi connectivity index (χ3v) is 5.98. The summed E-state index contributed by atoms with van der Waals surface area (Å²) in [6, 6.07) is 7.66. The van der Waals surface area contributed by atoms with Gasteiger partial charge in [0.15, 0.2) is 0 Å². The molecule has 156 valence electrons. The van der Waals surface area contributed by atoms with E-state index in [-0.39, 0.29) is 23.6 Å². The highest BCUT2D eigenvalue weighted by molar-refractivity contribution is 6.30. The molecule has 2 heterocycles. The zero-order valence-corrected chi connectivity index (χ0v) is 17.5. The van der Waals surface area contributed by atoms with Gasteiger partial charge >= 0.3 is 5.69 Å². The fourth-order valence-electron chi connectivity index (χ4n) is 4.02. The van der Waals surface area contributed by atoms with Crippen molar-refractivity contribution in [3.63, 3.8) is 0 Å². The summed E-state index contributed by atoms with van der Waals surface area (Å²) in [4.78, 5) is 27.6. The lowest BCUT2D eigenvalue weighted by molar-refractivity contribution is -0.131. The molecule has 1 aliphatic heterocycles. The van der Waals surface area contributed by atoms with Crippen LogP contribution in [0, 0.1) is 0 Å². The van der Waals surface area contributed by atoms with Crippen LogP contribution in [0.15, 0.2) is 29.1 Å². The largest absolute Gasteiger partial charge is 0.383 e. The summed E-state index contributed by atoms with van der Waals surface area (Å²) in [7, 11) is 1.62. The molecule has 2 aliphatic rings. The molecule has 29 heavy (non-hydrogen) atoms. The Labute approximate surface area is 175 Å². The molecule has 1 saturated carbocycles. The van der Waals surface area contributed by atoms with Gasteiger partial charge in [0.25, 0.3) is 0 Å². The van der Waals surface area contributed by atoms with Crippen LogP contribution in [0.3, 0.4) is 0 Å². The SMILES string of the molecule is COCCn1nc(C2CCCN(C(=O)Cc3ccc(Cl)cc3)C2)n(C2CC2)c1=O. The average Bonchev–Trinajstić information content (AvgIpc) is 3.51. The summed E-state index contributed by atoms with van der Waals surface area (Å²) in [6.45, 7) is 2.27. The normalized spacial score (nSPS) is 19.5. The van der Waals surface area contributed by atoms with E-state index in [1.54, 1.807) is 7.11 Å². The van der Waals surface area contributed by atoms with Crippen molar-refractivity contribution in [2.45, 2.75) is 50.6 Å². The molecule has 2 fully saturated rings. The molecule has 4 rings (SSSR count). The minimum absolute atomic E-state index is 0.0517. The van der Waals surface area contributed by atoms with Crippen LogP contribution in [0.25, 0.3) is 0 Å². The van der Waals surface area contributed by atoms with Crippen molar-refractivity contribution in [3.8, 4) is 0 Å². The number of halogens is 1. The topological polar surface area (TPSA) is 69.4 Å². The van der Waals surface area contributed by atoms with E-state index in [4.69, 9.17) is 16.3 Å². The molecule has 0 radical (unpaired) electrons. The van der Waals surface area contributed by atoms with Gasteiger partial charge in [0.05, 0.1) is 19.6 Å². The van der Waals surface area contributed by atoms with Gasteiger partial charge < -0.3 is 9.64 Å². The first-order chi connectivity index (χ1) is 14.1. The maximum Gasteiger partial charge on any atom is 0.346 e. The molecule has 7 nitrogen and oxygen atoms in total. The molecule has 0 bridgehead atoms.